The molecule has 0 saturated carbocycles. The predicted molar refractivity (Wildman–Crippen MR) is 45.2 cm³/mol. The van der Waals surface area contributed by atoms with Crippen molar-refractivity contribution in [1.29, 1.82) is 0 Å². The van der Waals surface area contributed by atoms with E-state index in [1.54, 1.807) is 31.3 Å². The minimum atomic E-state index is -0.0926. The fraction of sp³-hybridized carbons (Fsp3) is 0.125. The third kappa shape index (κ3) is 1.83. The summed E-state index contributed by atoms with van der Waals surface area (Å²) in [4.78, 5) is 11.0. The lowest BCUT2D eigenvalue weighted by Gasteiger charge is -1.98. The molecule has 0 unspecified atom stereocenters. The molecule has 2 radical (unpaired) electrons. The van der Waals surface area contributed by atoms with E-state index in [0.29, 0.717) is 11.0 Å². The van der Waals surface area contributed by atoms with Crippen LogP contribution in [-0.2, 0) is 0 Å². The van der Waals surface area contributed by atoms with Gasteiger partial charge in [-0.15, -0.1) is 0 Å². The fourth-order valence-corrected chi connectivity index (χ4v) is 0.779. The molecule has 0 aliphatic rings. The van der Waals surface area contributed by atoms with Crippen molar-refractivity contribution in [2.75, 3.05) is 7.05 Å². The van der Waals surface area contributed by atoms with Crippen LogP contribution in [0.15, 0.2) is 24.3 Å². The maximum absolute atomic E-state index is 11.0. The first-order chi connectivity index (χ1) is 5.24. The highest BCUT2D eigenvalue weighted by molar-refractivity contribution is 6.32. The smallest absolute Gasteiger partial charge is 0.251 e. The maximum atomic E-state index is 11.0. The van der Waals surface area contributed by atoms with Gasteiger partial charge in [-0.05, 0) is 0 Å². The van der Waals surface area contributed by atoms with Crippen LogP contribution in [0.4, 0.5) is 0 Å². The lowest BCUT2D eigenvalue weighted by atomic mass is 9.95. The van der Waals surface area contributed by atoms with Crippen LogP contribution >= 0.6 is 0 Å². The van der Waals surface area contributed by atoms with E-state index >= 15 is 0 Å². The van der Waals surface area contributed by atoms with Crippen molar-refractivity contribution < 1.29 is 4.79 Å². The van der Waals surface area contributed by atoms with Crippen molar-refractivity contribution >= 4 is 19.2 Å². The Morgan fingerprint density at radius 3 is 2.36 bits per heavy atom. The third-order valence-corrected chi connectivity index (χ3v) is 1.40. The van der Waals surface area contributed by atoms with Gasteiger partial charge in [0.2, 0.25) is 0 Å². The van der Waals surface area contributed by atoms with Gasteiger partial charge < -0.3 is 5.32 Å². The van der Waals surface area contributed by atoms with E-state index in [-0.39, 0.29) is 5.91 Å². The second kappa shape index (κ2) is 3.24. The van der Waals surface area contributed by atoms with E-state index in [9.17, 15) is 4.79 Å². The van der Waals surface area contributed by atoms with E-state index < -0.39 is 0 Å². The molecule has 0 saturated heterocycles. The van der Waals surface area contributed by atoms with Gasteiger partial charge >= 0.3 is 0 Å². The fourth-order valence-electron chi connectivity index (χ4n) is 0.779. The molecule has 0 fully saturated rings. The van der Waals surface area contributed by atoms with Gasteiger partial charge in [0.05, 0.1) is 0 Å². The molecule has 1 N–H and O–H groups in total. The predicted octanol–water partition coefficient (Wildman–Crippen LogP) is -0.160. The Balaban J connectivity index is 2.90. The van der Waals surface area contributed by atoms with Crippen LogP contribution in [0.25, 0.3) is 0 Å². The number of benzene rings is 1. The SMILES string of the molecule is [B]c1ccc(C(=O)NC)cc1. The Morgan fingerprint density at radius 2 is 1.91 bits per heavy atom. The zero-order valence-corrected chi connectivity index (χ0v) is 6.29. The Morgan fingerprint density at radius 1 is 1.36 bits per heavy atom. The normalized spacial score (nSPS) is 9.18. The quantitative estimate of drug-likeness (QED) is 0.546. The summed E-state index contributed by atoms with van der Waals surface area (Å²) in [5.41, 5.74) is 1.29. The van der Waals surface area contributed by atoms with E-state index in [1.165, 1.54) is 0 Å². The summed E-state index contributed by atoms with van der Waals surface area (Å²) >= 11 is 0. The summed E-state index contributed by atoms with van der Waals surface area (Å²) < 4.78 is 0. The largest absolute Gasteiger partial charge is 0.355 e. The lowest BCUT2D eigenvalue weighted by Crippen LogP contribution is -2.18. The molecule has 2 nitrogen and oxygen atoms in total. The van der Waals surface area contributed by atoms with Gasteiger partial charge in [-0.2, -0.15) is 0 Å². The number of hydrogen-bond acceptors (Lipinski definition) is 1. The maximum Gasteiger partial charge on any atom is 0.251 e. The molecule has 0 heterocycles. The van der Waals surface area contributed by atoms with Crippen LogP contribution in [0.1, 0.15) is 10.4 Å². The van der Waals surface area contributed by atoms with Crippen molar-refractivity contribution in [2.45, 2.75) is 0 Å². The van der Waals surface area contributed by atoms with Crippen molar-refractivity contribution in [3.05, 3.63) is 29.8 Å². The van der Waals surface area contributed by atoms with Gasteiger partial charge in [0, 0.05) is 12.6 Å². The van der Waals surface area contributed by atoms with Crippen LogP contribution in [0.3, 0.4) is 0 Å². The molecular formula is C8H8BNO. The summed E-state index contributed by atoms with van der Waals surface area (Å²) in [5.74, 6) is -0.0926. The average Bonchev–Trinajstić information content (AvgIpc) is 2.05. The number of amides is 1. The second-order valence-corrected chi connectivity index (χ2v) is 2.20. The van der Waals surface area contributed by atoms with Gasteiger partial charge in [-0.25, -0.2) is 0 Å². The number of nitrogens with one attached hydrogen (secondary N) is 1. The van der Waals surface area contributed by atoms with Crippen LogP contribution in [0, 0.1) is 0 Å². The van der Waals surface area contributed by atoms with Crippen LogP contribution < -0.4 is 10.8 Å². The number of rotatable bonds is 1. The minimum absolute atomic E-state index is 0.0926. The monoisotopic (exact) mass is 145 g/mol. The Bertz CT molecular complexity index is 255. The highest BCUT2D eigenvalue weighted by atomic mass is 16.1. The van der Waals surface area contributed by atoms with E-state index in [0.717, 1.165) is 0 Å². The molecule has 0 spiro atoms. The highest BCUT2D eigenvalue weighted by Gasteiger charge is 1.99. The minimum Gasteiger partial charge on any atom is -0.355 e. The Labute approximate surface area is 67.0 Å². The van der Waals surface area contributed by atoms with Crippen molar-refractivity contribution in [1.82, 2.24) is 5.32 Å². The summed E-state index contributed by atoms with van der Waals surface area (Å²) in [7, 11) is 7.03. The van der Waals surface area contributed by atoms with Gasteiger partial charge in [0.15, 0.2) is 0 Å². The molecule has 0 aromatic heterocycles. The summed E-state index contributed by atoms with van der Waals surface area (Å²) in [5, 5.41) is 2.52. The zero-order chi connectivity index (χ0) is 8.27. The summed E-state index contributed by atoms with van der Waals surface area (Å²) in [6, 6.07) is 6.78. The molecule has 0 aliphatic heterocycles. The second-order valence-electron chi connectivity index (χ2n) is 2.20. The Kier molecular flexibility index (Phi) is 2.31. The van der Waals surface area contributed by atoms with Crippen LogP contribution in [0.2, 0.25) is 0 Å². The molecule has 11 heavy (non-hydrogen) atoms. The van der Waals surface area contributed by atoms with Gasteiger partial charge in [-0.1, -0.05) is 29.7 Å². The van der Waals surface area contributed by atoms with Crippen molar-refractivity contribution in [3.63, 3.8) is 0 Å². The topological polar surface area (TPSA) is 29.1 Å². The molecule has 1 aromatic carbocycles. The molecule has 0 aliphatic carbocycles. The molecule has 0 bridgehead atoms. The number of hydrogen-bond donors (Lipinski definition) is 1. The summed E-state index contributed by atoms with van der Waals surface area (Å²) in [6.45, 7) is 0. The Hall–Kier alpha value is -1.25. The summed E-state index contributed by atoms with van der Waals surface area (Å²) in [6.07, 6.45) is 0. The first kappa shape index (κ1) is 7.86. The third-order valence-electron chi connectivity index (χ3n) is 1.40. The first-order valence-electron chi connectivity index (χ1n) is 3.31. The molecule has 54 valence electrons. The number of carbonyl (C=O) groups excluding carboxylic acids is 1. The van der Waals surface area contributed by atoms with E-state index in [4.69, 9.17) is 7.85 Å². The molecule has 1 aromatic rings. The average molecular weight is 145 g/mol. The van der Waals surface area contributed by atoms with Gasteiger partial charge in [0.25, 0.3) is 5.91 Å². The van der Waals surface area contributed by atoms with E-state index in [2.05, 4.69) is 5.32 Å². The first-order valence-corrected chi connectivity index (χ1v) is 3.31. The highest BCUT2D eigenvalue weighted by Crippen LogP contribution is 1.94. The van der Waals surface area contributed by atoms with E-state index in [1.807, 2.05) is 0 Å². The van der Waals surface area contributed by atoms with Crippen LogP contribution in [0.5, 0.6) is 0 Å². The van der Waals surface area contributed by atoms with Gasteiger partial charge in [0.1, 0.15) is 7.85 Å². The number of carbonyl (C=O) groups is 1. The van der Waals surface area contributed by atoms with Crippen molar-refractivity contribution in [3.8, 4) is 0 Å². The molecule has 1 amide bonds. The molecular weight excluding hydrogens is 137 g/mol. The zero-order valence-electron chi connectivity index (χ0n) is 6.29. The standard InChI is InChI=1S/C8H8BNO/c1-10-8(11)6-2-4-7(9)5-3-6/h2-5H,1H3,(H,10,11). The van der Waals surface area contributed by atoms with Gasteiger partial charge in [-0.3, -0.25) is 4.79 Å². The van der Waals surface area contributed by atoms with Crippen molar-refractivity contribution in [2.24, 2.45) is 0 Å². The molecule has 1 rings (SSSR count). The lowest BCUT2D eigenvalue weighted by molar-refractivity contribution is 0.0963. The molecule has 3 heteroatoms. The van der Waals surface area contributed by atoms with Crippen LogP contribution in [-0.4, -0.2) is 20.8 Å². The molecule has 0 atom stereocenters.